The maximum absolute atomic E-state index is 11.3. The predicted octanol–water partition coefficient (Wildman–Crippen LogP) is 3.37. The topological polar surface area (TPSA) is 82.6 Å². The van der Waals surface area contributed by atoms with Gasteiger partial charge in [0.1, 0.15) is 11.5 Å². The van der Waals surface area contributed by atoms with Crippen LogP contribution in [0.15, 0.2) is 46.5 Å². The van der Waals surface area contributed by atoms with Crippen LogP contribution in [0.3, 0.4) is 0 Å². The second kappa shape index (κ2) is 6.04. The number of methoxy groups -OCH3 is 1. The molecule has 2 aromatic rings. The minimum Gasteiger partial charge on any atom is -0.465 e. The van der Waals surface area contributed by atoms with Crippen molar-refractivity contribution in [1.29, 1.82) is 0 Å². The predicted molar refractivity (Wildman–Crippen MR) is 76.1 cm³/mol. The Kier molecular flexibility index (Phi) is 4.18. The van der Waals surface area contributed by atoms with E-state index in [4.69, 9.17) is 4.42 Å². The first-order chi connectivity index (χ1) is 10.0. The van der Waals surface area contributed by atoms with Crippen molar-refractivity contribution in [3.05, 3.63) is 63.5 Å². The number of allylic oxidation sites excluding steroid dienone is 1. The molecule has 0 amide bonds. The number of ether oxygens (including phenoxy) is 1. The maximum Gasteiger partial charge on any atom is 0.337 e. The van der Waals surface area contributed by atoms with E-state index in [1.165, 1.54) is 20.1 Å². The van der Waals surface area contributed by atoms with Gasteiger partial charge in [0.05, 0.1) is 23.7 Å². The zero-order valence-corrected chi connectivity index (χ0v) is 11.5. The standard InChI is InChI=1S/C15H13NO5/c1-10(16(18)19)9-13-7-8-14(21-13)11-3-5-12(6-4-11)15(17)20-2/h3-9H,1-2H3/b10-9+. The molecule has 1 aromatic carbocycles. The highest BCUT2D eigenvalue weighted by molar-refractivity contribution is 5.89. The van der Waals surface area contributed by atoms with Crippen molar-refractivity contribution >= 4 is 12.0 Å². The summed E-state index contributed by atoms with van der Waals surface area (Å²) in [5.41, 5.74) is 1.20. The lowest BCUT2D eigenvalue weighted by Gasteiger charge is -2.00. The van der Waals surface area contributed by atoms with Crippen molar-refractivity contribution in [2.75, 3.05) is 7.11 Å². The van der Waals surface area contributed by atoms with Crippen molar-refractivity contribution in [3.8, 4) is 11.3 Å². The Morgan fingerprint density at radius 1 is 1.24 bits per heavy atom. The fraction of sp³-hybridized carbons (Fsp3) is 0.133. The van der Waals surface area contributed by atoms with Crippen LogP contribution in [0.4, 0.5) is 0 Å². The summed E-state index contributed by atoms with van der Waals surface area (Å²) in [6.45, 7) is 1.40. The average molecular weight is 287 g/mol. The largest absolute Gasteiger partial charge is 0.465 e. The summed E-state index contributed by atoms with van der Waals surface area (Å²) in [5, 5.41) is 10.6. The maximum atomic E-state index is 11.3. The average Bonchev–Trinajstić information content (AvgIpc) is 2.95. The smallest absolute Gasteiger partial charge is 0.337 e. The van der Waals surface area contributed by atoms with Gasteiger partial charge in [0, 0.05) is 12.5 Å². The first-order valence-electron chi connectivity index (χ1n) is 6.12. The highest BCUT2D eigenvalue weighted by Crippen LogP contribution is 2.24. The van der Waals surface area contributed by atoms with Crippen LogP contribution in [-0.4, -0.2) is 18.0 Å². The van der Waals surface area contributed by atoms with E-state index in [-0.39, 0.29) is 5.70 Å². The van der Waals surface area contributed by atoms with Gasteiger partial charge in [-0.3, -0.25) is 10.1 Å². The zero-order valence-electron chi connectivity index (χ0n) is 11.5. The van der Waals surface area contributed by atoms with Crippen LogP contribution in [-0.2, 0) is 4.74 Å². The third-order valence-corrected chi connectivity index (χ3v) is 2.86. The van der Waals surface area contributed by atoms with Gasteiger partial charge in [-0.1, -0.05) is 12.1 Å². The molecule has 0 saturated heterocycles. The number of nitrogens with zero attached hydrogens (tertiary/aromatic N) is 1. The molecule has 0 aliphatic carbocycles. The van der Waals surface area contributed by atoms with Gasteiger partial charge >= 0.3 is 5.97 Å². The number of esters is 1. The Morgan fingerprint density at radius 2 is 1.90 bits per heavy atom. The molecular weight excluding hydrogens is 274 g/mol. The van der Waals surface area contributed by atoms with E-state index in [1.54, 1.807) is 36.4 Å². The molecule has 0 saturated carbocycles. The van der Waals surface area contributed by atoms with Crippen molar-refractivity contribution in [2.45, 2.75) is 6.92 Å². The highest BCUT2D eigenvalue weighted by Gasteiger charge is 2.09. The van der Waals surface area contributed by atoms with Crippen LogP contribution >= 0.6 is 0 Å². The number of hydrogen-bond acceptors (Lipinski definition) is 5. The number of carbonyl (C=O) groups excluding carboxylic acids is 1. The van der Waals surface area contributed by atoms with Gasteiger partial charge in [0.15, 0.2) is 0 Å². The van der Waals surface area contributed by atoms with E-state index in [1.807, 2.05) is 0 Å². The molecule has 1 aromatic heterocycles. The second-order valence-corrected chi connectivity index (χ2v) is 4.31. The van der Waals surface area contributed by atoms with Crippen molar-refractivity contribution < 1.29 is 18.9 Å². The van der Waals surface area contributed by atoms with Crippen molar-refractivity contribution in [3.63, 3.8) is 0 Å². The van der Waals surface area contributed by atoms with Gasteiger partial charge in [-0.25, -0.2) is 4.79 Å². The fourth-order valence-electron chi connectivity index (χ4n) is 1.73. The highest BCUT2D eigenvalue weighted by atomic mass is 16.6. The van der Waals surface area contributed by atoms with Gasteiger partial charge in [-0.05, 0) is 24.3 Å². The normalized spacial score (nSPS) is 11.2. The molecular formula is C15H13NO5. The molecule has 0 fully saturated rings. The van der Waals surface area contributed by atoms with Gasteiger partial charge in [-0.2, -0.15) is 0 Å². The van der Waals surface area contributed by atoms with E-state index < -0.39 is 10.9 Å². The molecule has 1 heterocycles. The van der Waals surface area contributed by atoms with Crippen LogP contribution < -0.4 is 0 Å². The summed E-state index contributed by atoms with van der Waals surface area (Å²) in [5.74, 6) is 0.552. The molecule has 0 unspecified atom stereocenters. The first-order valence-corrected chi connectivity index (χ1v) is 6.12. The summed E-state index contributed by atoms with van der Waals surface area (Å²) in [6.07, 6.45) is 1.35. The molecule has 6 nitrogen and oxygen atoms in total. The van der Waals surface area contributed by atoms with Gasteiger partial charge in [-0.15, -0.1) is 0 Å². The summed E-state index contributed by atoms with van der Waals surface area (Å²) in [6, 6.07) is 10.1. The van der Waals surface area contributed by atoms with Crippen LogP contribution in [0.5, 0.6) is 0 Å². The molecule has 21 heavy (non-hydrogen) atoms. The molecule has 6 heteroatoms. The van der Waals surface area contributed by atoms with Crippen LogP contribution in [0.1, 0.15) is 23.0 Å². The SMILES string of the molecule is COC(=O)c1ccc(-c2ccc(/C=C(\C)[N+](=O)[O-])o2)cc1. The van der Waals surface area contributed by atoms with E-state index in [2.05, 4.69) is 4.74 Å². The number of benzene rings is 1. The Labute approximate surface area is 120 Å². The van der Waals surface area contributed by atoms with E-state index in [0.29, 0.717) is 17.1 Å². The Bertz CT molecular complexity index is 697. The monoisotopic (exact) mass is 287 g/mol. The van der Waals surface area contributed by atoms with Crippen LogP contribution in [0, 0.1) is 10.1 Å². The lowest BCUT2D eigenvalue weighted by molar-refractivity contribution is -0.422. The molecule has 0 aliphatic rings. The van der Waals surface area contributed by atoms with Crippen molar-refractivity contribution in [1.82, 2.24) is 0 Å². The molecule has 0 aliphatic heterocycles. The molecule has 0 N–H and O–H groups in total. The van der Waals surface area contributed by atoms with E-state index >= 15 is 0 Å². The van der Waals surface area contributed by atoms with E-state index in [0.717, 1.165) is 5.56 Å². The zero-order chi connectivity index (χ0) is 15.4. The second-order valence-electron chi connectivity index (χ2n) is 4.31. The molecule has 2 rings (SSSR count). The summed E-state index contributed by atoms with van der Waals surface area (Å²) >= 11 is 0. The molecule has 0 atom stereocenters. The molecule has 0 radical (unpaired) electrons. The molecule has 0 spiro atoms. The number of carbonyl (C=O) groups is 1. The molecule has 108 valence electrons. The summed E-state index contributed by atoms with van der Waals surface area (Å²) < 4.78 is 10.1. The lowest BCUT2D eigenvalue weighted by atomic mass is 10.1. The Hall–Kier alpha value is -2.89. The number of furan rings is 1. The third kappa shape index (κ3) is 3.36. The minimum atomic E-state index is -0.479. The van der Waals surface area contributed by atoms with Crippen molar-refractivity contribution in [2.24, 2.45) is 0 Å². The van der Waals surface area contributed by atoms with E-state index in [9.17, 15) is 14.9 Å². The fourth-order valence-corrected chi connectivity index (χ4v) is 1.73. The quantitative estimate of drug-likeness (QED) is 0.489. The summed E-state index contributed by atoms with van der Waals surface area (Å²) in [4.78, 5) is 21.4. The Morgan fingerprint density at radius 3 is 2.48 bits per heavy atom. The van der Waals surface area contributed by atoms with Crippen LogP contribution in [0.25, 0.3) is 17.4 Å². The van der Waals surface area contributed by atoms with Gasteiger partial charge < -0.3 is 9.15 Å². The number of hydrogen-bond donors (Lipinski definition) is 0. The third-order valence-electron chi connectivity index (χ3n) is 2.86. The molecule has 0 bridgehead atoms. The minimum absolute atomic E-state index is 0.00283. The Balaban J connectivity index is 2.24. The first kappa shape index (κ1) is 14.5. The van der Waals surface area contributed by atoms with Gasteiger partial charge in [0.25, 0.3) is 0 Å². The lowest BCUT2D eigenvalue weighted by Crippen LogP contribution is -2.00. The number of rotatable bonds is 4. The number of nitro groups is 1. The van der Waals surface area contributed by atoms with Gasteiger partial charge in [0.2, 0.25) is 5.70 Å². The summed E-state index contributed by atoms with van der Waals surface area (Å²) in [7, 11) is 1.32. The van der Waals surface area contributed by atoms with Crippen LogP contribution in [0.2, 0.25) is 0 Å².